The predicted molar refractivity (Wildman–Crippen MR) is 143 cm³/mol. The van der Waals surface area contributed by atoms with Crippen LogP contribution in [0.4, 0.5) is 0 Å². The SMILES string of the molecule is C=CC(=O)OOOC(=O)C=C.c1ccc(CC(c2ccccc2)(c2ccccc2)c2ccccc2)cc1. The predicted octanol–water partition coefficient (Wildman–Crippen LogP) is 6.56. The Balaban J connectivity index is 0.000000295. The molecule has 0 saturated heterocycles. The third-order valence-electron chi connectivity index (χ3n) is 5.68. The lowest BCUT2D eigenvalue weighted by atomic mass is 9.66. The van der Waals surface area contributed by atoms with Crippen molar-refractivity contribution in [3.63, 3.8) is 0 Å². The highest BCUT2D eigenvalue weighted by Gasteiger charge is 2.36. The Hall–Kier alpha value is -4.74. The Morgan fingerprint density at radius 2 is 0.892 bits per heavy atom. The van der Waals surface area contributed by atoms with E-state index >= 15 is 0 Å². The fourth-order valence-electron chi connectivity index (χ4n) is 4.03. The van der Waals surface area contributed by atoms with Gasteiger partial charge in [-0.3, -0.25) is 9.78 Å². The molecule has 0 aliphatic carbocycles. The van der Waals surface area contributed by atoms with Crippen LogP contribution in [0.15, 0.2) is 147 Å². The first kappa shape index (κ1) is 26.9. The summed E-state index contributed by atoms with van der Waals surface area (Å²) in [6.45, 7) is 6.13. The van der Waals surface area contributed by atoms with Crippen molar-refractivity contribution >= 4 is 11.9 Å². The van der Waals surface area contributed by atoms with Crippen LogP contribution >= 0.6 is 0 Å². The molecule has 0 heterocycles. The van der Waals surface area contributed by atoms with Gasteiger partial charge in [0, 0.05) is 22.6 Å². The molecule has 37 heavy (non-hydrogen) atoms. The number of hydrogen-bond donors (Lipinski definition) is 0. The van der Waals surface area contributed by atoms with Crippen LogP contribution in [0.3, 0.4) is 0 Å². The zero-order valence-electron chi connectivity index (χ0n) is 20.4. The quantitative estimate of drug-likeness (QED) is 0.115. The van der Waals surface area contributed by atoms with E-state index in [2.05, 4.69) is 149 Å². The second-order valence-corrected chi connectivity index (χ2v) is 7.95. The normalized spacial score (nSPS) is 10.3. The largest absolute Gasteiger partial charge is 0.369 e. The Kier molecular flexibility index (Phi) is 10.1. The molecule has 4 rings (SSSR count). The number of carbonyl (C=O) groups excluding carboxylic acids is 2. The van der Waals surface area contributed by atoms with Gasteiger partial charge in [-0.15, -0.1) is 0 Å². The minimum Gasteiger partial charge on any atom is -0.255 e. The Morgan fingerprint density at radius 1 is 0.568 bits per heavy atom. The molecule has 0 spiro atoms. The molecule has 5 heteroatoms. The molecule has 0 aliphatic rings. The van der Waals surface area contributed by atoms with Gasteiger partial charge < -0.3 is 0 Å². The van der Waals surface area contributed by atoms with Gasteiger partial charge in [-0.2, -0.15) is 0 Å². The average molecular weight is 493 g/mol. The molecule has 0 amide bonds. The van der Waals surface area contributed by atoms with Gasteiger partial charge >= 0.3 is 11.9 Å². The van der Waals surface area contributed by atoms with Crippen LogP contribution in [0.5, 0.6) is 0 Å². The number of hydrogen-bond acceptors (Lipinski definition) is 5. The van der Waals surface area contributed by atoms with E-state index in [-0.39, 0.29) is 5.41 Å². The topological polar surface area (TPSA) is 61.8 Å². The van der Waals surface area contributed by atoms with E-state index in [4.69, 9.17) is 0 Å². The van der Waals surface area contributed by atoms with Gasteiger partial charge in [0.2, 0.25) is 0 Å². The molecule has 0 N–H and O–H groups in total. The molecule has 5 nitrogen and oxygen atoms in total. The molecule has 4 aromatic carbocycles. The second-order valence-electron chi connectivity index (χ2n) is 7.95. The van der Waals surface area contributed by atoms with Crippen LogP contribution in [0.25, 0.3) is 0 Å². The van der Waals surface area contributed by atoms with Crippen LogP contribution in [0, 0.1) is 0 Å². The molecule has 4 aromatic rings. The summed E-state index contributed by atoms with van der Waals surface area (Å²) in [5.74, 6) is -1.72. The van der Waals surface area contributed by atoms with Crippen molar-refractivity contribution in [2.24, 2.45) is 0 Å². The summed E-state index contributed by atoms with van der Waals surface area (Å²) in [6.07, 6.45) is 2.62. The van der Waals surface area contributed by atoms with Crippen molar-refractivity contribution < 1.29 is 24.4 Å². The molecular formula is C32H28O5. The average Bonchev–Trinajstić information content (AvgIpc) is 2.98. The fourth-order valence-corrected chi connectivity index (χ4v) is 4.03. The van der Waals surface area contributed by atoms with Crippen molar-refractivity contribution in [3.8, 4) is 0 Å². The molecule has 0 aromatic heterocycles. The standard InChI is InChI=1S/C26H22.C6H6O5/c1-5-13-22(14-6-1)21-26(23-15-7-2-8-16-23,24-17-9-3-10-18-24)25-19-11-4-12-20-25;1-3-5(7)9-11-10-6(8)4-2/h1-20H,21H2;3-4H,1-2H2. The van der Waals surface area contributed by atoms with Gasteiger partial charge in [-0.05, 0) is 28.7 Å². The first-order valence-electron chi connectivity index (χ1n) is 11.6. The van der Waals surface area contributed by atoms with Crippen LogP contribution in [-0.4, -0.2) is 11.9 Å². The van der Waals surface area contributed by atoms with E-state index < -0.39 is 11.9 Å². The first-order chi connectivity index (χ1) is 18.1. The summed E-state index contributed by atoms with van der Waals surface area (Å²) in [7, 11) is 0. The maximum atomic E-state index is 10.2. The first-order valence-corrected chi connectivity index (χ1v) is 11.6. The van der Waals surface area contributed by atoms with E-state index in [0.29, 0.717) is 0 Å². The molecule has 0 fully saturated rings. The van der Waals surface area contributed by atoms with Gasteiger partial charge in [0.05, 0.1) is 0 Å². The third kappa shape index (κ3) is 7.37. The van der Waals surface area contributed by atoms with E-state index in [1.54, 1.807) is 0 Å². The van der Waals surface area contributed by atoms with Gasteiger partial charge in [0.25, 0.3) is 0 Å². The highest BCUT2D eigenvalue weighted by atomic mass is 17.5. The lowest BCUT2D eigenvalue weighted by Gasteiger charge is -2.36. The summed E-state index contributed by atoms with van der Waals surface area (Å²) in [5, 5.41) is 3.70. The van der Waals surface area contributed by atoms with Crippen molar-refractivity contribution in [1.29, 1.82) is 0 Å². The van der Waals surface area contributed by atoms with Crippen LogP contribution in [-0.2, 0) is 36.2 Å². The maximum Gasteiger partial charge on any atom is 0.369 e. The van der Waals surface area contributed by atoms with Crippen molar-refractivity contribution in [3.05, 3.63) is 169 Å². The Labute approximate surface area is 217 Å². The molecular weight excluding hydrogens is 464 g/mol. The Morgan fingerprint density at radius 3 is 1.22 bits per heavy atom. The van der Waals surface area contributed by atoms with Crippen molar-refractivity contribution in [2.75, 3.05) is 0 Å². The van der Waals surface area contributed by atoms with E-state index in [9.17, 15) is 9.59 Å². The molecule has 186 valence electrons. The minimum atomic E-state index is -0.859. The highest BCUT2D eigenvalue weighted by Crippen LogP contribution is 2.42. The summed E-state index contributed by atoms with van der Waals surface area (Å²) < 4.78 is 0. The summed E-state index contributed by atoms with van der Waals surface area (Å²) in [6, 6.07) is 43.4. The number of rotatable bonds is 9. The summed E-state index contributed by atoms with van der Waals surface area (Å²) in [5.41, 5.74) is 5.08. The van der Waals surface area contributed by atoms with E-state index in [1.807, 2.05) is 0 Å². The lowest BCUT2D eigenvalue weighted by Crippen LogP contribution is -2.32. The van der Waals surface area contributed by atoms with Gasteiger partial charge in [-0.1, -0.05) is 134 Å². The second kappa shape index (κ2) is 14.0. The molecule has 0 atom stereocenters. The van der Waals surface area contributed by atoms with E-state index in [0.717, 1.165) is 18.6 Å². The lowest BCUT2D eigenvalue weighted by molar-refractivity contribution is -0.455. The van der Waals surface area contributed by atoms with Crippen LogP contribution in [0.1, 0.15) is 22.3 Å². The monoisotopic (exact) mass is 492 g/mol. The molecule has 0 aliphatic heterocycles. The van der Waals surface area contributed by atoms with Crippen LogP contribution in [0.2, 0.25) is 0 Å². The van der Waals surface area contributed by atoms with Crippen molar-refractivity contribution in [1.82, 2.24) is 0 Å². The number of carbonyl (C=O) groups is 2. The summed E-state index contributed by atoms with van der Waals surface area (Å²) >= 11 is 0. The van der Waals surface area contributed by atoms with Gasteiger partial charge in [-0.25, -0.2) is 9.59 Å². The van der Waals surface area contributed by atoms with E-state index in [1.165, 1.54) is 22.3 Å². The smallest absolute Gasteiger partial charge is 0.255 e. The summed E-state index contributed by atoms with van der Waals surface area (Å²) in [4.78, 5) is 28.0. The maximum absolute atomic E-state index is 10.2. The van der Waals surface area contributed by atoms with Crippen molar-refractivity contribution in [2.45, 2.75) is 11.8 Å². The minimum absolute atomic E-state index is 0.217. The Bertz CT molecular complexity index is 1150. The molecule has 0 bridgehead atoms. The molecule has 0 radical (unpaired) electrons. The fraction of sp³-hybridized carbons (Fsp3) is 0.0625. The van der Waals surface area contributed by atoms with Crippen LogP contribution < -0.4 is 0 Å². The third-order valence-corrected chi connectivity index (χ3v) is 5.68. The molecule has 0 saturated carbocycles. The zero-order chi connectivity index (χ0) is 26.3. The number of benzene rings is 4. The highest BCUT2D eigenvalue weighted by molar-refractivity contribution is 5.81. The van der Waals surface area contributed by atoms with Gasteiger partial charge in [0.1, 0.15) is 0 Å². The molecule has 0 unspecified atom stereocenters. The van der Waals surface area contributed by atoms with Gasteiger partial charge in [0.15, 0.2) is 0 Å². The zero-order valence-corrected chi connectivity index (χ0v) is 20.4.